The molecule has 0 saturated carbocycles. The summed E-state index contributed by atoms with van der Waals surface area (Å²) in [6.07, 6.45) is -4.09. The minimum absolute atomic E-state index is 0.0193. The maximum atomic E-state index is 12.6. The van der Waals surface area contributed by atoms with Crippen LogP contribution in [0.2, 0.25) is 0 Å². The van der Waals surface area contributed by atoms with Crippen LogP contribution in [0.1, 0.15) is 28.8 Å². The van der Waals surface area contributed by atoms with E-state index in [0.29, 0.717) is 11.9 Å². The van der Waals surface area contributed by atoms with Gasteiger partial charge in [0.05, 0.1) is 5.75 Å². The van der Waals surface area contributed by atoms with E-state index in [1.54, 1.807) is 0 Å². The topological polar surface area (TPSA) is 63.1 Å². The van der Waals surface area contributed by atoms with Gasteiger partial charge >= 0.3 is 12.1 Å². The molecule has 0 unspecified atom stereocenters. The molecule has 0 spiro atoms. The van der Waals surface area contributed by atoms with Crippen molar-refractivity contribution in [1.29, 1.82) is 0 Å². The van der Waals surface area contributed by atoms with Crippen LogP contribution in [0.5, 0.6) is 0 Å². The zero-order valence-corrected chi connectivity index (χ0v) is 9.60. The first-order chi connectivity index (χ1) is 7.86. The van der Waals surface area contributed by atoms with Gasteiger partial charge in [-0.1, -0.05) is 6.92 Å². The van der Waals surface area contributed by atoms with E-state index in [0.717, 1.165) is 0 Å². The fourth-order valence-electron chi connectivity index (χ4n) is 1.05. The smallest absolute Gasteiger partial charge is 0.434 e. The van der Waals surface area contributed by atoms with E-state index in [1.807, 2.05) is 6.92 Å². The summed E-state index contributed by atoms with van der Waals surface area (Å²) in [5.41, 5.74) is -2.32. The molecule has 0 saturated heterocycles. The van der Waals surface area contributed by atoms with Crippen molar-refractivity contribution >= 4 is 17.7 Å². The first kappa shape index (κ1) is 13.8. The van der Waals surface area contributed by atoms with E-state index < -0.39 is 23.4 Å². The molecule has 0 atom stereocenters. The van der Waals surface area contributed by atoms with Crippen molar-refractivity contribution in [3.63, 3.8) is 0 Å². The fraction of sp³-hybridized carbons (Fsp3) is 0.444. The number of nitrogens with zero attached hydrogens (tertiary/aromatic N) is 2. The minimum atomic E-state index is -4.79. The zero-order valence-electron chi connectivity index (χ0n) is 8.78. The Morgan fingerprint density at radius 2 is 2.18 bits per heavy atom. The van der Waals surface area contributed by atoms with E-state index in [-0.39, 0.29) is 11.6 Å². The lowest BCUT2D eigenvalue weighted by molar-refractivity contribution is -0.141. The standard InChI is InChI=1S/C9H9F3N2O2S/c1-2-17-4-6-13-3-5(8(15)16)7(14-6)9(10,11)12/h3H,2,4H2,1H3,(H,15,16). The molecule has 1 rings (SSSR count). The Bertz CT molecular complexity index is 423. The molecule has 1 heterocycles. The second-order valence-electron chi connectivity index (χ2n) is 2.99. The monoisotopic (exact) mass is 266 g/mol. The van der Waals surface area contributed by atoms with E-state index in [9.17, 15) is 18.0 Å². The third-order valence-corrected chi connectivity index (χ3v) is 2.64. The molecular formula is C9H9F3N2O2S. The number of halogens is 3. The Labute approximate surface area is 99.3 Å². The highest BCUT2D eigenvalue weighted by molar-refractivity contribution is 7.98. The highest BCUT2D eigenvalue weighted by atomic mass is 32.2. The van der Waals surface area contributed by atoms with Crippen molar-refractivity contribution < 1.29 is 23.1 Å². The lowest BCUT2D eigenvalue weighted by atomic mass is 10.2. The van der Waals surface area contributed by atoms with Crippen LogP contribution in [0.4, 0.5) is 13.2 Å². The molecule has 1 N–H and O–H groups in total. The van der Waals surface area contributed by atoms with Crippen LogP contribution >= 0.6 is 11.8 Å². The summed E-state index contributed by atoms with van der Waals surface area (Å²) in [7, 11) is 0. The molecule has 1 aromatic heterocycles. The number of carboxylic acids is 1. The third-order valence-electron chi connectivity index (χ3n) is 1.77. The van der Waals surface area contributed by atoms with Gasteiger partial charge in [0.2, 0.25) is 0 Å². The zero-order chi connectivity index (χ0) is 13.1. The fourth-order valence-corrected chi connectivity index (χ4v) is 1.58. The summed E-state index contributed by atoms with van der Waals surface area (Å²) in [5.74, 6) is -0.772. The maximum absolute atomic E-state index is 12.6. The second-order valence-corrected chi connectivity index (χ2v) is 4.26. The normalized spacial score (nSPS) is 11.5. The Morgan fingerprint density at radius 1 is 1.53 bits per heavy atom. The molecule has 1 aromatic rings. The molecule has 0 aromatic carbocycles. The molecular weight excluding hydrogens is 257 g/mol. The first-order valence-electron chi connectivity index (χ1n) is 4.60. The quantitative estimate of drug-likeness (QED) is 0.906. The molecule has 0 fully saturated rings. The van der Waals surface area contributed by atoms with Crippen LogP contribution in [-0.4, -0.2) is 26.8 Å². The Morgan fingerprint density at radius 3 is 2.65 bits per heavy atom. The molecule has 94 valence electrons. The number of carboxylic acid groups (broad SMARTS) is 1. The lowest BCUT2D eigenvalue weighted by Gasteiger charge is -2.09. The van der Waals surface area contributed by atoms with Gasteiger partial charge < -0.3 is 5.11 Å². The first-order valence-corrected chi connectivity index (χ1v) is 5.76. The van der Waals surface area contributed by atoms with Crippen molar-refractivity contribution in [3.05, 3.63) is 23.3 Å². The summed E-state index contributed by atoms with van der Waals surface area (Å²) >= 11 is 1.36. The summed E-state index contributed by atoms with van der Waals surface area (Å²) < 4.78 is 37.7. The maximum Gasteiger partial charge on any atom is 0.434 e. The highest BCUT2D eigenvalue weighted by Gasteiger charge is 2.38. The lowest BCUT2D eigenvalue weighted by Crippen LogP contribution is -2.17. The van der Waals surface area contributed by atoms with Crippen molar-refractivity contribution in [2.24, 2.45) is 0 Å². The molecule has 4 nitrogen and oxygen atoms in total. The molecule has 0 aliphatic heterocycles. The van der Waals surface area contributed by atoms with Gasteiger partial charge in [-0.25, -0.2) is 14.8 Å². The van der Waals surface area contributed by atoms with Crippen molar-refractivity contribution in [1.82, 2.24) is 9.97 Å². The van der Waals surface area contributed by atoms with Gasteiger partial charge in [0.25, 0.3) is 0 Å². The second kappa shape index (κ2) is 5.35. The van der Waals surface area contributed by atoms with Gasteiger partial charge in [0.1, 0.15) is 11.4 Å². The van der Waals surface area contributed by atoms with Gasteiger partial charge in [0.15, 0.2) is 5.69 Å². The summed E-state index contributed by atoms with van der Waals surface area (Å²) in [6.45, 7) is 1.85. The predicted octanol–water partition coefficient (Wildman–Crippen LogP) is 2.45. The van der Waals surface area contributed by atoms with Crippen LogP contribution in [0.15, 0.2) is 6.20 Å². The Balaban J connectivity index is 3.15. The number of hydrogen-bond donors (Lipinski definition) is 1. The van der Waals surface area contributed by atoms with E-state index in [1.165, 1.54) is 11.8 Å². The number of carbonyl (C=O) groups is 1. The number of rotatable bonds is 4. The summed E-state index contributed by atoms with van der Waals surface area (Å²) in [5, 5.41) is 8.61. The molecule has 0 radical (unpaired) electrons. The van der Waals surface area contributed by atoms with Gasteiger partial charge in [-0.2, -0.15) is 24.9 Å². The van der Waals surface area contributed by atoms with Crippen LogP contribution < -0.4 is 0 Å². The Hall–Kier alpha value is -1.31. The molecule has 0 aliphatic carbocycles. The van der Waals surface area contributed by atoms with Crippen molar-refractivity contribution in [3.8, 4) is 0 Å². The molecule has 0 aliphatic rings. The van der Waals surface area contributed by atoms with Crippen molar-refractivity contribution in [2.75, 3.05) is 5.75 Å². The number of aromatic nitrogens is 2. The summed E-state index contributed by atoms with van der Waals surface area (Å²) in [4.78, 5) is 17.5. The minimum Gasteiger partial charge on any atom is -0.478 e. The van der Waals surface area contributed by atoms with E-state index in [2.05, 4.69) is 9.97 Å². The van der Waals surface area contributed by atoms with Gasteiger partial charge in [-0.15, -0.1) is 0 Å². The molecule has 0 bridgehead atoms. The molecule has 8 heteroatoms. The number of alkyl halides is 3. The van der Waals surface area contributed by atoms with Crippen LogP contribution in [0.25, 0.3) is 0 Å². The van der Waals surface area contributed by atoms with Crippen LogP contribution in [0.3, 0.4) is 0 Å². The van der Waals surface area contributed by atoms with Gasteiger partial charge in [0, 0.05) is 6.20 Å². The number of thioether (sulfide) groups is 1. The van der Waals surface area contributed by atoms with E-state index in [4.69, 9.17) is 5.11 Å². The Kier molecular flexibility index (Phi) is 4.33. The van der Waals surface area contributed by atoms with Gasteiger partial charge in [-0.05, 0) is 5.75 Å². The molecule has 0 amide bonds. The highest BCUT2D eigenvalue weighted by Crippen LogP contribution is 2.30. The van der Waals surface area contributed by atoms with Crippen molar-refractivity contribution in [2.45, 2.75) is 18.9 Å². The SMILES string of the molecule is CCSCc1ncc(C(=O)O)c(C(F)(F)F)n1. The summed E-state index contributed by atoms with van der Waals surface area (Å²) in [6, 6.07) is 0. The van der Waals surface area contributed by atoms with Crippen LogP contribution in [0, 0.1) is 0 Å². The average Bonchev–Trinajstić information content (AvgIpc) is 2.24. The average molecular weight is 266 g/mol. The van der Waals surface area contributed by atoms with Crippen LogP contribution in [-0.2, 0) is 11.9 Å². The third kappa shape index (κ3) is 3.58. The van der Waals surface area contributed by atoms with Gasteiger partial charge in [-0.3, -0.25) is 0 Å². The molecule has 17 heavy (non-hydrogen) atoms. The predicted molar refractivity (Wildman–Crippen MR) is 55.8 cm³/mol. The van der Waals surface area contributed by atoms with E-state index >= 15 is 0 Å². The largest absolute Gasteiger partial charge is 0.478 e. The number of hydrogen-bond acceptors (Lipinski definition) is 4. The number of aromatic carboxylic acids is 1.